The topological polar surface area (TPSA) is 63.3 Å². The molecule has 1 atom stereocenters. The molecule has 0 saturated carbocycles. The number of oxazole rings is 1. The molecule has 2 aromatic rings. The van der Waals surface area contributed by atoms with Gasteiger partial charge in [-0.15, -0.1) is 0 Å². The lowest BCUT2D eigenvalue weighted by molar-refractivity contribution is 0.538. The fourth-order valence-corrected chi connectivity index (χ4v) is 1.61. The summed E-state index contributed by atoms with van der Waals surface area (Å²) in [6, 6.07) is 4.78. The van der Waals surface area contributed by atoms with Gasteiger partial charge in [0.1, 0.15) is 5.52 Å². The lowest BCUT2D eigenvalue weighted by Gasteiger charge is -1.91. The van der Waals surface area contributed by atoms with Gasteiger partial charge >= 0.3 is 0 Å². The molecular formula is C9H9NO3S. The van der Waals surface area contributed by atoms with Crippen molar-refractivity contribution in [3.63, 3.8) is 0 Å². The lowest BCUT2D eigenvalue weighted by atomic mass is 10.3. The third-order valence-electron chi connectivity index (χ3n) is 1.91. The van der Waals surface area contributed by atoms with Crippen LogP contribution in [0.3, 0.4) is 0 Å². The number of fused-ring (bicyclic) bond motifs is 1. The highest BCUT2D eigenvalue weighted by atomic mass is 32.2. The number of hydrogen-bond acceptors (Lipinski definition) is 3. The minimum absolute atomic E-state index is 0.341. The normalized spacial score (nSPS) is 13.3. The number of aromatic nitrogens is 1. The summed E-state index contributed by atoms with van der Waals surface area (Å²) in [5.41, 5.74) is 1.28. The van der Waals surface area contributed by atoms with Crippen LogP contribution in [0.4, 0.5) is 0 Å². The van der Waals surface area contributed by atoms with Gasteiger partial charge in [0, 0.05) is 6.42 Å². The molecule has 0 amide bonds. The average Bonchev–Trinajstić information content (AvgIpc) is 2.58. The van der Waals surface area contributed by atoms with Crippen molar-refractivity contribution in [2.75, 3.05) is 0 Å². The molecule has 1 unspecified atom stereocenters. The Morgan fingerprint density at radius 3 is 3.00 bits per heavy atom. The van der Waals surface area contributed by atoms with Crippen molar-refractivity contribution in [3.05, 3.63) is 24.1 Å². The Kier molecular flexibility index (Phi) is 2.35. The second-order valence-corrected chi connectivity index (χ2v) is 3.81. The van der Waals surface area contributed by atoms with Crippen molar-refractivity contribution < 1.29 is 13.2 Å². The van der Waals surface area contributed by atoms with E-state index in [4.69, 9.17) is 8.97 Å². The molecule has 0 bridgehead atoms. The van der Waals surface area contributed by atoms with E-state index < -0.39 is 11.1 Å². The molecule has 0 saturated heterocycles. The molecule has 0 fully saturated rings. The molecule has 1 aromatic heterocycles. The molecule has 5 heteroatoms. The summed E-state index contributed by atoms with van der Waals surface area (Å²) in [6.45, 7) is 1.94. The van der Waals surface area contributed by atoms with Gasteiger partial charge in [0.25, 0.3) is 0 Å². The van der Waals surface area contributed by atoms with Gasteiger partial charge in [0.15, 0.2) is 22.6 Å². The molecule has 1 N–H and O–H groups in total. The van der Waals surface area contributed by atoms with Crippen molar-refractivity contribution in [2.24, 2.45) is 0 Å². The fourth-order valence-electron chi connectivity index (χ4n) is 1.21. The zero-order valence-electron chi connectivity index (χ0n) is 7.56. The Bertz CT molecular complexity index is 492. The molecule has 2 rings (SSSR count). The molecule has 1 heterocycles. The summed E-state index contributed by atoms with van der Waals surface area (Å²) in [5, 5.41) is 0. The van der Waals surface area contributed by atoms with Gasteiger partial charge in [-0.2, -0.15) is 0 Å². The van der Waals surface area contributed by atoms with Gasteiger partial charge in [-0.25, -0.2) is 9.19 Å². The predicted octanol–water partition coefficient (Wildman–Crippen LogP) is 1.97. The van der Waals surface area contributed by atoms with Crippen LogP contribution >= 0.6 is 0 Å². The van der Waals surface area contributed by atoms with Gasteiger partial charge in [0.2, 0.25) is 0 Å². The highest BCUT2D eigenvalue weighted by molar-refractivity contribution is 7.79. The number of hydrogen-bond donors (Lipinski definition) is 1. The van der Waals surface area contributed by atoms with Crippen LogP contribution in [0, 0.1) is 0 Å². The summed E-state index contributed by atoms with van der Waals surface area (Å²) in [7, 11) is 0. The van der Waals surface area contributed by atoms with Crippen molar-refractivity contribution in [1.82, 2.24) is 4.98 Å². The third-order valence-corrected chi connectivity index (χ3v) is 2.56. The molecule has 1 aromatic carbocycles. The molecule has 0 aliphatic heterocycles. The summed E-state index contributed by atoms with van der Waals surface area (Å²) in [6.07, 6.45) is 0.715. The van der Waals surface area contributed by atoms with Crippen LogP contribution in [0.1, 0.15) is 12.8 Å². The Balaban J connectivity index is 2.59. The monoisotopic (exact) mass is 211 g/mol. The maximum Gasteiger partial charge on any atom is 0.195 e. The maximum atomic E-state index is 10.8. The van der Waals surface area contributed by atoms with Crippen LogP contribution in [-0.2, 0) is 17.5 Å². The minimum atomic E-state index is -1.96. The van der Waals surface area contributed by atoms with E-state index in [1.54, 1.807) is 18.2 Å². The molecule has 0 aliphatic carbocycles. The van der Waals surface area contributed by atoms with E-state index in [1.807, 2.05) is 6.92 Å². The molecule has 74 valence electrons. The highest BCUT2D eigenvalue weighted by Gasteiger charge is 2.06. The third kappa shape index (κ3) is 1.56. The zero-order valence-corrected chi connectivity index (χ0v) is 8.37. The first-order valence-electron chi connectivity index (χ1n) is 4.21. The van der Waals surface area contributed by atoms with Gasteiger partial charge in [-0.05, 0) is 18.2 Å². The largest absolute Gasteiger partial charge is 0.441 e. The first kappa shape index (κ1) is 9.36. The van der Waals surface area contributed by atoms with Crippen LogP contribution in [0.15, 0.2) is 27.5 Å². The number of benzene rings is 1. The van der Waals surface area contributed by atoms with Crippen LogP contribution in [0.5, 0.6) is 0 Å². The maximum absolute atomic E-state index is 10.8. The summed E-state index contributed by atoms with van der Waals surface area (Å²) in [5.74, 6) is 0.640. The van der Waals surface area contributed by atoms with E-state index in [1.165, 1.54) is 0 Å². The smallest absolute Gasteiger partial charge is 0.195 e. The standard InChI is InChI=1S/C9H9NO3S/c1-2-9-10-7-5-6(14(11)12)3-4-8(7)13-9/h3-5H,2H2,1H3,(H,11,12). The van der Waals surface area contributed by atoms with Gasteiger partial charge in [-0.3, -0.25) is 0 Å². The van der Waals surface area contributed by atoms with Crippen molar-refractivity contribution in [3.8, 4) is 0 Å². The van der Waals surface area contributed by atoms with E-state index in [-0.39, 0.29) is 0 Å². The van der Waals surface area contributed by atoms with E-state index in [0.29, 0.717) is 28.3 Å². The second kappa shape index (κ2) is 3.51. The van der Waals surface area contributed by atoms with Crippen molar-refractivity contribution in [2.45, 2.75) is 18.2 Å². The van der Waals surface area contributed by atoms with Crippen LogP contribution in [0.25, 0.3) is 11.1 Å². The Morgan fingerprint density at radius 2 is 2.36 bits per heavy atom. The Morgan fingerprint density at radius 1 is 1.57 bits per heavy atom. The predicted molar refractivity (Wildman–Crippen MR) is 52.4 cm³/mol. The average molecular weight is 211 g/mol. The first-order chi connectivity index (χ1) is 6.70. The number of nitrogens with zero attached hydrogens (tertiary/aromatic N) is 1. The number of aryl methyl sites for hydroxylation is 1. The first-order valence-corrected chi connectivity index (χ1v) is 5.31. The van der Waals surface area contributed by atoms with E-state index in [9.17, 15) is 4.21 Å². The zero-order chi connectivity index (χ0) is 10.1. The van der Waals surface area contributed by atoms with Crippen LogP contribution in [-0.4, -0.2) is 13.7 Å². The molecule has 0 spiro atoms. The Labute approximate surface area is 83.2 Å². The SMILES string of the molecule is CCc1nc2cc(S(=O)O)ccc2o1. The number of rotatable bonds is 2. The van der Waals surface area contributed by atoms with Gasteiger partial charge < -0.3 is 8.97 Å². The van der Waals surface area contributed by atoms with E-state index >= 15 is 0 Å². The summed E-state index contributed by atoms with van der Waals surface area (Å²) in [4.78, 5) is 4.50. The molecule has 4 nitrogen and oxygen atoms in total. The minimum Gasteiger partial charge on any atom is -0.441 e. The highest BCUT2D eigenvalue weighted by Crippen LogP contribution is 2.18. The van der Waals surface area contributed by atoms with Crippen molar-refractivity contribution in [1.29, 1.82) is 0 Å². The summed E-state index contributed by atoms with van der Waals surface area (Å²) >= 11 is -1.96. The summed E-state index contributed by atoms with van der Waals surface area (Å²) < 4.78 is 25.0. The van der Waals surface area contributed by atoms with Gasteiger partial charge in [0.05, 0.1) is 4.90 Å². The fraction of sp³-hybridized carbons (Fsp3) is 0.222. The quantitative estimate of drug-likeness (QED) is 0.771. The van der Waals surface area contributed by atoms with Crippen LogP contribution in [0.2, 0.25) is 0 Å². The molecule has 0 radical (unpaired) electrons. The van der Waals surface area contributed by atoms with Crippen molar-refractivity contribution >= 4 is 22.2 Å². The van der Waals surface area contributed by atoms with Gasteiger partial charge in [-0.1, -0.05) is 6.92 Å². The Hall–Kier alpha value is -1.20. The molecule has 14 heavy (non-hydrogen) atoms. The van der Waals surface area contributed by atoms with Crippen LogP contribution < -0.4 is 0 Å². The second-order valence-electron chi connectivity index (χ2n) is 2.84. The van der Waals surface area contributed by atoms with E-state index in [0.717, 1.165) is 0 Å². The van der Waals surface area contributed by atoms with E-state index in [2.05, 4.69) is 4.98 Å². The molecule has 0 aliphatic rings. The lowest BCUT2D eigenvalue weighted by Crippen LogP contribution is -1.86. The molecular weight excluding hydrogens is 202 g/mol.